The molecule has 0 N–H and O–H groups in total. The van der Waals surface area contributed by atoms with Crippen LogP contribution in [0.3, 0.4) is 0 Å². The second-order valence-electron chi connectivity index (χ2n) is 4.60. The van der Waals surface area contributed by atoms with E-state index in [2.05, 4.69) is 0 Å². The van der Waals surface area contributed by atoms with Crippen molar-refractivity contribution in [2.45, 2.75) is 39.7 Å². The van der Waals surface area contributed by atoms with Crippen LogP contribution in [-0.2, 0) is 9.53 Å². The van der Waals surface area contributed by atoms with Crippen LogP contribution in [0.15, 0.2) is 0 Å². The molecule has 0 saturated carbocycles. The van der Waals surface area contributed by atoms with Crippen LogP contribution in [0.25, 0.3) is 0 Å². The Balaban J connectivity index is 2.63. The molecule has 0 bridgehead atoms. The van der Waals surface area contributed by atoms with Gasteiger partial charge in [0.2, 0.25) is 5.91 Å². The molecule has 0 aromatic heterocycles. The Morgan fingerprint density at radius 1 is 1.13 bits per heavy atom. The van der Waals surface area contributed by atoms with E-state index in [9.17, 15) is 9.59 Å². The Bertz CT molecular complexity index is 270. The van der Waals surface area contributed by atoms with E-state index in [-0.39, 0.29) is 5.91 Å². The predicted octanol–water partition coefficient (Wildman–Crippen LogP) is 1.39. The summed E-state index contributed by atoms with van der Waals surface area (Å²) in [7, 11) is 0. The maximum absolute atomic E-state index is 11.7. The lowest BCUT2D eigenvalue weighted by molar-refractivity contribution is -0.140. The highest BCUT2D eigenvalue weighted by molar-refractivity contribution is 5.78. The number of amides is 2. The molecule has 0 aliphatic carbocycles. The molecule has 0 spiro atoms. The topological polar surface area (TPSA) is 49.9 Å². The summed E-state index contributed by atoms with van der Waals surface area (Å²) in [4.78, 5) is 22.9. The van der Waals surface area contributed by atoms with Gasteiger partial charge in [-0.1, -0.05) is 0 Å². The molecule has 1 saturated heterocycles. The van der Waals surface area contributed by atoms with Gasteiger partial charge in [0.15, 0.2) is 0 Å². The summed E-state index contributed by atoms with van der Waals surface area (Å²) < 4.78 is 5.20. The standard InChI is InChI=1S/C10H18N2O3/c1-8(13)11-6-5-7-12(11)9(14)15-10(2,3)4/h5-7H2,1-4H3. The van der Waals surface area contributed by atoms with Crippen LogP contribution in [0.4, 0.5) is 4.79 Å². The van der Waals surface area contributed by atoms with Gasteiger partial charge in [0, 0.05) is 20.0 Å². The van der Waals surface area contributed by atoms with Gasteiger partial charge in [-0.05, 0) is 27.2 Å². The summed E-state index contributed by atoms with van der Waals surface area (Å²) in [6, 6.07) is 0. The van der Waals surface area contributed by atoms with Crippen LogP contribution in [0.2, 0.25) is 0 Å². The van der Waals surface area contributed by atoms with Crippen molar-refractivity contribution >= 4 is 12.0 Å². The molecule has 0 aromatic carbocycles. The average Bonchev–Trinajstić information content (AvgIpc) is 2.47. The zero-order chi connectivity index (χ0) is 11.6. The molecular weight excluding hydrogens is 196 g/mol. The second-order valence-corrected chi connectivity index (χ2v) is 4.60. The van der Waals surface area contributed by atoms with Crippen molar-refractivity contribution in [1.29, 1.82) is 0 Å². The molecule has 15 heavy (non-hydrogen) atoms. The third-order valence-electron chi connectivity index (χ3n) is 2.00. The number of hydrogen-bond acceptors (Lipinski definition) is 3. The highest BCUT2D eigenvalue weighted by Crippen LogP contribution is 2.16. The van der Waals surface area contributed by atoms with Gasteiger partial charge >= 0.3 is 6.09 Å². The van der Waals surface area contributed by atoms with Crippen molar-refractivity contribution in [3.8, 4) is 0 Å². The van der Waals surface area contributed by atoms with E-state index in [1.807, 2.05) is 0 Å². The van der Waals surface area contributed by atoms with Crippen LogP contribution in [0.1, 0.15) is 34.1 Å². The Morgan fingerprint density at radius 3 is 2.13 bits per heavy atom. The smallest absolute Gasteiger partial charge is 0.429 e. The number of hydrazine groups is 1. The molecule has 1 aliphatic heterocycles. The van der Waals surface area contributed by atoms with E-state index in [4.69, 9.17) is 4.74 Å². The molecule has 0 radical (unpaired) electrons. The molecule has 0 atom stereocenters. The largest absolute Gasteiger partial charge is 0.442 e. The van der Waals surface area contributed by atoms with Crippen molar-refractivity contribution in [2.75, 3.05) is 13.1 Å². The first-order chi connectivity index (χ1) is 6.81. The first-order valence-electron chi connectivity index (χ1n) is 5.10. The minimum atomic E-state index is -0.526. The lowest BCUT2D eigenvalue weighted by atomic mass is 10.2. The van der Waals surface area contributed by atoms with Crippen LogP contribution in [0, 0.1) is 0 Å². The number of ether oxygens (including phenoxy) is 1. The lowest BCUT2D eigenvalue weighted by Crippen LogP contribution is -2.46. The fourth-order valence-corrected chi connectivity index (χ4v) is 1.44. The van der Waals surface area contributed by atoms with Crippen LogP contribution < -0.4 is 0 Å². The molecule has 5 heteroatoms. The molecule has 1 heterocycles. The van der Waals surface area contributed by atoms with Gasteiger partial charge in [0.25, 0.3) is 0 Å². The van der Waals surface area contributed by atoms with E-state index in [0.29, 0.717) is 13.1 Å². The van der Waals surface area contributed by atoms with Gasteiger partial charge in [-0.2, -0.15) is 0 Å². The summed E-state index contributed by atoms with van der Waals surface area (Å²) in [5.41, 5.74) is -0.526. The van der Waals surface area contributed by atoms with Gasteiger partial charge in [0.1, 0.15) is 5.60 Å². The summed E-state index contributed by atoms with van der Waals surface area (Å²) >= 11 is 0. The fourth-order valence-electron chi connectivity index (χ4n) is 1.44. The second kappa shape index (κ2) is 4.08. The zero-order valence-electron chi connectivity index (χ0n) is 9.74. The number of carbonyl (C=O) groups excluding carboxylic acids is 2. The van der Waals surface area contributed by atoms with Crippen LogP contribution in [0.5, 0.6) is 0 Å². The summed E-state index contributed by atoms with van der Waals surface area (Å²) in [5.74, 6) is -0.127. The molecule has 0 aromatic rings. The molecule has 86 valence electrons. The van der Waals surface area contributed by atoms with Crippen molar-refractivity contribution < 1.29 is 14.3 Å². The Labute approximate surface area is 89.9 Å². The highest BCUT2D eigenvalue weighted by Gasteiger charge is 2.31. The summed E-state index contributed by atoms with van der Waals surface area (Å²) in [6.45, 7) is 8.00. The van der Waals surface area contributed by atoms with Crippen molar-refractivity contribution in [1.82, 2.24) is 10.0 Å². The first-order valence-corrected chi connectivity index (χ1v) is 5.10. The summed E-state index contributed by atoms with van der Waals surface area (Å²) in [6.07, 6.45) is 0.355. The molecule has 1 rings (SSSR count). The molecule has 2 amide bonds. The van der Waals surface area contributed by atoms with E-state index in [1.54, 1.807) is 20.8 Å². The van der Waals surface area contributed by atoms with E-state index in [0.717, 1.165) is 6.42 Å². The van der Waals surface area contributed by atoms with Gasteiger partial charge in [0.05, 0.1) is 0 Å². The molecular formula is C10H18N2O3. The number of hydrogen-bond donors (Lipinski definition) is 0. The van der Waals surface area contributed by atoms with Crippen molar-refractivity contribution in [2.24, 2.45) is 0 Å². The predicted molar refractivity (Wildman–Crippen MR) is 54.9 cm³/mol. The minimum absolute atomic E-state index is 0.127. The molecule has 1 fully saturated rings. The van der Waals surface area contributed by atoms with Gasteiger partial charge in [-0.15, -0.1) is 0 Å². The average molecular weight is 214 g/mol. The molecule has 5 nitrogen and oxygen atoms in total. The maximum Gasteiger partial charge on any atom is 0.429 e. The van der Waals surface area contributed by atoms with Crippen molar-refractivity contribution in [3.05, 3.63) is 0 Å². The van der Waals surface area contributed by atoms with E-state index >= 15 is 0 Å². The van der Waals surface area contributed by atoms with Crippen molar-refractivity contribution in [3.63, 3.8) is 0 Å². The highest BCUT2D eigenvalue weighted by atomic mass is 16.6. The zero-order valence-corrected chi connectivity index (χ0v) is 9.74. The van der Waals surface area contributed by atoms with Gasteiger partial charge in [-0.25, -0.2) is 14.8 Å². The number of carbonyl (C=O) groups is 2. The SMILES string of the molecule is CC(=O)N1CCCN1C(=O)OC(C)(C)C. The molecule has 0 unspecified atom stereocenters. The van der Waals surface area contributed by atoms with E-state index < -0.39 is 11.7 Å². The van der Waals surface area contributed by atoms with Gasteiger partial charge in [-0.3, -0.25) is 4.79 Å². The normalized spacial score (nSPS) is 16.8. The first kappa shape index (κ1) is 11.8. The maximum atomic E-state index is 11.7. The fraction of sp³-hybridized carbons (Fsp3) is 0.800. The van der Waals surface area contributed by atoms with E-state index in [1.165, 1.54) is 16.9 Å². The number of rotatable bonds is 0. The number of nitrogens with zero attached hydrogens (tertiary/aromatic N) is 2. The van der Waals surface area contributed by atoms with Gasteiger partial charge < -0.3 is 4.74 Å². The summed E-state index contributed by atoms with van der Waals surface area (Å²) in [5, 5.41) is 2.79. The molecule has 1 aliphatic rings. The monoisotopic (exact) mass is 214 g/mol. The quantitative estimate of drug-likeness (QED) is 0.612. The lowest BCUT2D eigenvalue weighted by Gasteiger charge is -2.29. The third-order valence-corrected chi connectivity index (χ3v) is 2.00. The Hall–Kier alpha value is -1.26. The van der Waals surface area contributed by atoms with Crippen LogP contribution in [-0.4, -0.2) is 40.7 Å². The Morgan fingerprint density at radius 2 is 1.67 bits per heavy atom. The van der Waals surface area contributed by atoms with Crippen LogP contribution >= 0.6 is 0 Å². The third kappa shape index (κ3) is 3.11. The minimum Gasteiger partial charge on any atom is -0.442 e. The Kier molecular flexibility index (Phi) is 3.21.